The lowest BCUT2D eigenvalue weighted by Crippen LogP contribution is -2.36. The Bertz CT molecular complexity index is 1110. The molecule has 2 atom stereocenters. The highest BCUT2D eigenvalue weighted by molar-refractivity contribution is 7.65. The van der Waals surface area contributed by atoms with E-state index in [1.54, 1.807) is 66.9 Å². The Kier molecular flexibility index (Phi) is 6.01. The summed E-state index contributed by atoms with van der Waals surface area (Å²) in [5, 5.41) is 12.2. The summed E-state index contributed by atoms with van der Waals surface area (Å²) >= 11 is 0. The highest BCUT2D eigenvalue weighted by atomic mass is 31.2. The van der Waals surface area contributed by atoms with E-state index in [0.29, 0.717) is 11.0 Å². The minimum Gasteiger partial charge on any atom is -0.480 e. The van der Waals surface area contributed by atoms with Crippen molar-refractivity contribution in [2.75, 3.05) is 0 Å². The van der Waals surface area contributed by atoms with Crippen molar-refractivity contribution in [3.63, 3.8) is 0 Å². The Morgan fingerprint density at radius 1 is 1.07 bits per heavy atom. The summed E-state index contributed by atoms with van der Waals surface area (Å²) in [7, 11) is -3.71. The van der Waals surface area contributed by atoms with E-state index >= 15 is 0 Å². The number of carboxylic acids is 1. The zero-order valence-corrected chi connectivity index (χ0v) is 16.9. The van der Waals surface area contributed by atoms with Gasteiger partial charge in [-0.1, -0.05) is 24.3 Å². The van der Waals surface area contributed by atoms with E-state index < -0.39 is 19.5 Å². The van der Waals surface area contributed by atoms with E-state index in [-0.39, 0.29) is 11.3 Å². The average Bonchev–Trinajstić information content (AvgIpc) is 2.71. The number of nitrogens with one attached hydrogen (secondary N) is 1. The number of carbonyl (C=O) groups is 1. The highest BCUT2D eigenvalue weighted by Crippen LogP contribution is 2.42. The molecule has 0 aliphatic heterocycles. The molecule has 0 radical (unpaired) electrons. The van der Waals surface area contributed by atoms with Gasteiger partial charge < -0.3 is 9.63 Å². The molecule has 29 heavy (non-hydrogen) atoms. The quantitative estimate of drug-likeness (QED) is 0.579. The lowest BCUT2D eigenvalue weighted by Gasteiger charge is -2.23. The second-order valence-electron chi connectivity index (χ2n) is 6.58. The number of nitrogens with zero attached hydrogens (tertiary/aromatic N) is 1. The van der Waals surface area contributed by atoms with E-state index in [4.69, 9.17) is 4.52 Å². The number of rotatable bonds is 7. The normalized spacial score (nSPS) is 14.0. The summed E-state index contributed by atoms with van der Waals surface area (Å²) in [6, 6.07) is 17.1. The summed E-state index contributed by atoms with van der Waals surface area (Å²) < 4.78 is 20.7. The largest absolute Gasteiger partial charge is 0.480 e. The smallest absolute Gasteiger partial charge is 0.347 e. The third kappa shape index (κ3) is 4.83. The summed E-state index contributed by atoms with van der Waals surface area (Å²) in [6.07, 6.45) is 1.73. The molecular weight excluding hydrogens is 391 g/mol. The van der Waals surface area contributed by atoms with Gasteiger partial charge in [0.1, 0.15) is 11.8 Å². The fourth-order valence-electron chi connectivity index (χ4n) is 2.70. The minimum atomic E-state index is -3.71. The number of pyridine rings is 1. The lowest BCUT2D eigenvalue weighted by atomic mass is 10.2. The Labute approximate surface area is 168 Å². The number of hydrogen-bond acceptors (Lipinski definition) is 4. The van der Waals surface area contributed by atoms with Crippen LogP contribution in [0.3, 0.4) is 0 Å². The number of hydrogen-bond donors (Lipinski definition) is 2. The van der Waals surface area contributed by atoms with Crippen molar-refractivity contribution in [1.82, 2.24) is 9.65 Å². The van der Waals surface area contributed by atoms with Gasteiger partial charge in [-0.25, -0.2) is 5.09 Å². The Balaban J connectivity index is 1.92. The first-order valence-electron chi connectivity index (χ1n) is 8.94. The molecule has 2 aromatic carbocycles. The molecule has 1 unspecified atom stereocenters. The summed E-state index contributed by atoms with van der Waals surface area (Å²) in [4.78, 5) is 23.3. The van der Waals surface area contributed by atoms with Crippen molar-refractivity contribution in [2.45, 2.75) is 19.9 Å². The molecule has 0 amide bonds. The maximum Gasteiger partial charge on any atom is 0.347 e. The molecule has 0 aliphatic rings. The monoisotopic (exact) mass is 412 g/mol. The van der Waals surface area contributed by atoms with Crippen molar-refractivity contribution in [3.05, 3.63) is 88.8 Å². The first-order valence-corrected chi connectivity index (χ1v) is 10.6. The average molecular weight is 412 g/mol. The third-order valence-electron chi connectivity index (χ3n) is 4.24. The molecule has 3 aromatic rings. The molecule has 7 nitrogen and oxygen atoms in total. The van der Waals surface area contributed by atoms with Crippen LogP contribution in [0.4, 0.5) is 0 Å². The van der Waals surface area contributed by atoms with Crippen molar-refractivity contribution in [3.8, 4) is 11.4 Å². The molecule has 0 bridgehead atoms. The van der Waals surface area contributed by atoms with Crippen molar-refractivity contribution < 1.29 is 19.0 Å². The van der Waals surface area contributed by atoms with Crippen molar-refractivity contribution in [1.29, 1.82) is 0 Å². The molecule has 0 spiro atoms. The predicted molar refractivity (Wildman–Crippen MR) is 111 cm³/mol. The SMILES string of the molecule is Cc1ccc(=O)n(-c2ccc(OP(=O)(N[C@@H](C)C(=O)O)c3ccccc3)cc2)c1. The summed E-state index contributed by atoms with van der Waals surface area (Å²) in [6.45, 7) is 3.29. The van der Waals surface area contributed by atoms with Gasteiger partial charge in [-0.3, -0.25) is 18.7 Å². The van der Waals surface area contributed by atoms with Crippen LogP contribution in [0.2, 0.25) is 0 Å². The van der Waals surface area contributed by atoms with Crippen LogP contribution in [0.25, 0.3) is 5.69 Å². The number of carboxylic acid groups (broad SMARTS) is 1. The van der Waals surface area contributed by atoms with Crippen LogP contribution in [-0.4, -0.2) is 21.7 Å². The number of aliphatic carboxylic acids is 1. The topological polar surface area (TPSA) is 97.6 Å². The fraction of sp³-hybridized carbons (Fsp3) is 0.143. The Hall–Kier alpha value is -3.15. The van der Waals surface area contributed by atoms with Gasteiger partial charge in [0.2, 0.25) is 0 Å². The van der Waals surface area contributed by atoms with Crippen LogP contribution in [0.15, 0.2) is 77.7 Å². The van der Waals surface area contributed by atoms with Crippen LogP contribution >= 0.6 is 7.52 Å². The number of aryl methyl sites for hydroxylation is 1. The molecule has 3 rings (SSSR count). The Morgan fingerprint density at radius 3 is 2.34 bits per heavy atom. The summed E-state index contributed by atoms with van der Waals surface area (Å²) in [5.74, 6) is -0.856. The highest BCUT2D eigenvalue weighted by Gasteiger charge is 2.31. The van der Waals surface area contributed by atoms with Gasteiger partial charge in [-0.2, -0.15) is 0 Å². The molecule has 150 valence electrons. The van der Waals surface area contributed by atoms with Crippen LogP contribution < -0.4 is 20.5 Å². The molecule has 1 aromatic heterocycles. The van der Waals surface area contributed by atoms with Crippen LogP contribution in [0.5, 0.6) is 5.75 Å². The zero-order chi connectivity index (χ0) is 21.0. The molecule has 8 heteroatoms. The number of benzene rings is 2. The molecule has 0 aliphatic carbocycles. The van der Waals surface area contributed by atoms with Crippen molar-refractivity contribution >= 4 is 18.8 Å². The molecule has 0 saturated carbocycles. The van der Waals surface area contributed by atoms with Gasteiger partial charge in [-0.05, 0) is 55.8 Å². The van der Waals surface area contributed by atoms with E-state index in [0.717, 1.165) is 5.56 Å². The second kappa shape index (κ2) is 8.47. The molecule has 1 heterocycles. The van der Waals surface area contributed by atoms with Gasteiger partial charge in [0.15, 0.2) is 0 Å². The van der Waals surface area contributed by atoms with E-state index in [9.17, 15) is 19.3 Å². The fourth-order valence-corrected chi connectivity index (χ4v) is 4.61. The third-order valence-corrected chi connectivity index (χ3v) is 6.41. The van der Waals surface area contributed by atoms with Gasteiger partial charge in [-0.15, -0.1) is 0 Å². The standard InChI is InChI=1S/C21H21N2O5P/c1-15-8-13-20(24)23(14-15)17-9-11-18(12-10-17)28-29(27,22-16(2)21(25)26)19-6-4-3-5-7-19/h3-14,16H,1-2H3,(H,22,27)(H,25,26)/t16-,29?/m0/s1. The Morgan fingerprint density at radius 2 is 1.72 bits per heavy atom. The first-order chi connectivity index (χ1) is 13.8. The maximum atomic E-state index is 13.5. The lowest BCUT2D eigenvalue weighted by molar-refractivity contribution is -0.138. The van der Waals surface area contributed by atoms with Crippen LogP contribution in [-0.2, 0) is 9.36 Å². The first kappa shape index (κ1) is 20.6. The molecule has 2 N–H and O–H groups in total. The summed E-state index contributed by atoms with van der Waals surface area (Å²) in [5.41, 5.74) is 1.40. The van der Waals surface area contributed by atoms with Gasteiger partial charge >= 0.3 is 13.5 Å². The molecule has 0 fully saturated rings. The number of aromatic nitrogens is 1. The van der Waals surface area contributed by atoms with Crippen molar-refractivity contribution in [2.24, 2.45) is 0 Å². The molecular formula is C21H21N2O5P. The second-order valence-corrected chi connectivity index (χ2v) is 8.64. The van der Waals surface area contributed by atoms with Crippen LogP contribution in [0, 0.1) is 6.92 Å². The maximum absolute atomic E-state index is 13.5. The van der Waals surface area contributed by atoms with E-state index in [1.165, 1.54) is 17.6 Å². The molecule has 0 saturated heterocycles. The predicted octanol–water partition coefficient (Wildman–Crippen LogP) is 3.11. The van der Waals surface area contributed by atoms with E-state index in [2.05, 4.69) is 5.09 Å². The van der Waals surface area contributed by atoms with Gasteiger partial charge in [0.05, 0.1) is 5.30 Å². The van der Waals surface area contributed by atoms with E-state index in [1.807, 2.05) is 6.92 Å². The van der Waals surface area contributed by atoms with Gasteiger partial charge in [0, 0.05) is 18.0 Å². The van der Waals surface area contributed by atoms with Crippen LogP contribution in [0.1, 0.15) is 12.5 Å². The zero-order valence-electron chi connectivity index (χ0n) is 16.0. The van der Waals surface area contributed by atoms with Gasteiger partial charge in [0.25, 0.3) is 5.56 Å². The minimum absolute atomic E-state index is 0.170.